The standard InChI is InChI=1S/C26H35NO4S/c1-4-6-7-8-9-10-11-12-13-14-15-23-20-25(26(28)31-5-2)27(21-23)32(29,30)24-18-16-22(3)17-19-24/h16-21H,4-13H2,1-3H3. The summed E-state index contributed by atoms with van der Waals surface area (Å²) >= 11 is 0. The van der Waals surface area contributed by atoms with E-state index < -0.39 is 16.0 Å². The number of aromatic nitrogens is 1. The highest BCUT2D eigenvalue weighted by atomic mass is 32.2. The second-order valence-corrected chi connectivity index (χ2v) is 9.79. The molecule has 0 amide bonds. The molecular weight excluding hydrogens is 422 g/mol. The molecule has 1 heterocycles. The van der Waals surface area contributed by atoms with E-state index in [1.54, 1.807) is 19.1 Å². The fourth-order valence-electron chi connectivity index (χ4n) is 3.40. The SMILES string of the molecule is CCCCCCCCCCC#Cc1cc(C(=O)OCC)n(S(=O)(=O)c2ccc(C)cc2)c1. The molecule has 5 nitrogen and oxygen atoms in total. The van der Waals surface area contributed by atoms with Gasteiger partial charge in [-0.2, -0.15) is 0 Å². The molecule has 32 heavy (non-hydrogen) atoms. The lowest BCUT2D eigenvalue weighted by Crippen LogP contribution is -2.19. The molecule has 0 fully saturated rings. The van der Waals surface area contributed by atoms with E-state index in [1.165, 1.54) is 62.9 Å². The Bertz CT molecular complexity index is 1020. The third kappa shape index (κ3) is 7.56. The number of nitrogens with zero attached hydrogens (tertiary/aromatic N) is 1. The third-order valence-electron chi connectivity index (χ3n) is 5.24. The number of carbonyl (C=O) groups is 1. The van der Waals surface area contributed by atoms with Crippen LogP contribution < -0.4 is 0 Å². The van der Waals surface area contributed by atoms with Crippen LogP contribution in [-0.2, 0) is 14.8 Å². The Hall–Kier alpha value is -2.52. The number of hydrogen-bond donors (Lipinski definition) is 0. The second kappa shape index (κ2) is 13.1. The molecule has 2 aromatic rings. The van der Waals surface area contributed by atoms with E-state index >= 15 is 0 Å². The number of esters is 1. The number of unbranched alkanes of at least 4 members (excludes halogenated alkanes) is 8. The normalized spacial score (nSPS) is 11.1. The monoisotopic (exact) mass is 457 g/mol. The van der Waals surface area contributed by atoms with Crippen molar-refractivity contribution >= 4 is 16.0 Å². The first-order chi connectivity index (χ1) is 15.4. The number of ether oxygens (including phenoxy) is 1. The van der Waals surface area contributed by atoms with E-state index in [-0.39, 0.29) is 17.2 Å². The van der Waals surface area contributed by atoms with Gasteiger partial charge >= 0.3 is 5.97 Å². The first-order valence-corrected chi connectivity index (χ1v) is 13.0. The van der Waals surface area contributed by atoms with Crippen LogP contribution in [-0.4, -0.2) is 25.0 Å². The van der Waals surface area contributed by atoms with Crippen LogP contribution in [0.25, 0.3) is 0 Å². The topological polar surface area (TPSA) is 65.4 Å². The molecular formula is C26H35NO4S. The summed E-state index contributed by atoms with van der Waals surface area (Å²) in [6.07, 6.45) is 12.0. The van der Waals surface area contributed by atoms with Crippen molar-refractivity contribution in [2.75, 3.05) is 6.61 Å². The number of carbonyl (C=O) groups excluding carboxylic acids is 1. The van der Waals surface area contributed by atoms with E-state index in [9.17, 15) is 13.2 Å². The van der Waals surface area contributed by atoms with Gasteiger partial charge in [-0.15, -0.1) is 0 Å². The van der Waals surface area contributed by atoms with Crippen molar-refractivity contribution in [3.63, 3.8) is 0 Å². The van der Waals surface area contributed by atoms with Crippen molar-refractivity contribution in [3.8, 4) is 11.8 Å². The molecule has 0 saturated carbocycles. The van der Waals surface area contributed by atoms with E-state index in [1.807, 2.05) is 6.92 Å². The zero-order chi connectivity index (χ0) is 23.4. The van der Waals surface area contributed by atoms with Crippen LogP contribution in [0.3, 0.4) is 0 Å². The van der Waals surface area contributed by atoms with Crippen LogP contribution in [0.5, 0.6) is 0 Å². The third-order valence-corrected chi connectivity index (χ3v) is 6.92. The molecule has 1 aromatic carbocycles. The Morgan fingerprint density at radius 3 is 2.22 bits per heavy atom. The minimum atomic E-state index is -3.93. The molecule has 0 bridgehead atoms. The molecule has 0 saturated heterocycles. The molecule has 0 unspecified atom stereocenters. The number of hydrogen-bond acceptors (Lipinski definition) is 4. The van der Waals surface area contributed by atoms with Crippen molar-refractivity contribution < 1.29 is 17.9 Å². The van der Waals surface area contributed by atoms with Crippen molar-refractivity contribution in [1.82, 2.24) is 3.97 Å². The first kappa shape index (κ1) is 25.7. The maximum atomic E-state index is 13.1. The van der Waals surface area contributed by atoms with Gasteiger partial charge in [0.25, 0.3) is 10.0 Å². The van der Waals surface area contributed by atoms with E-state index in [0.29, 0.717) is 5.56 Å². The summed E-state index contributed by atoms with van der Waals surface area (Å²) in [6, 6.07) is 8.01. The lowest BCUT2D eigenvalue weighted by molar-refractivity contribution is 0.0518. The Labute approximate surface area is 193 Å². The van der Waals surface area contributed by atoms with Gasteiger partial charge in [0.05, 0.1) is 11.5 Å². The van der Waals surface area contributed by atoms with Crippen LogP contribution in [0.2, 0.25) is 0 Å². The predicted octanol–water partition coefficient (Wildman–Crippen LogP) is 6.09. The van der Waals surface area contributed by atoms with Gasteiger partial charge in [0.2, 0.25) is 0 Å². The van der Waals surface area contributed by atoms with Gasteiger partial charge < -0.3 is 4.74 Å². The molecule has 6 heteroatoms. The summed E-state index contributed by atoms with van der Waals surface area (Å²) in [6.45, 7) is 5.95. The van der Waals surface area contributed by atoms with Crippen molar-refractivity contribution in [2.24, 2.45) is 0 Å². The summed E-state index contributed by atoms with van der Waals surface area (Å²) in [5, 5.41) is 0. The molecule has 0 radical (unpaired) electrons. The zero-order valence-corrected chi connectivity index (χ0v) is 20.3. The average molecular weight is 458 g/mol. The quantitative estimate of drug-likeness (QED) is 0.220. The lowest BCUT2D eigenvalue weighted by atomic mass is 10.1. The van der Waals surface area contributed by atoms with Crippen LogP contribution in [0, 0.1) is 18.8 Å². The maximum Gasteiger partial charge on any atom is 0.356 e. The largest absolute Gasteiger partial charge is 0.461 e. The summed E-state index contributed by atoms with van der Waals surface area (Å²) in [5.41, 5.74) is 1.40. The highest BCUT2D eigenvalue weighted by Gasteiger charge is 2.25. The molecule has 174 valence electrons. The lowest BCUT2D eigenvalue weighted by Gasteiger charge is -2.10. The molecule has 0 aliphatic heterocycles. The fourth-order valence-corrected chi connectivity index (χ4v) is 4.75. The highest BCUT2D eigenvalue weighted by molar-refractivity contribution is 7.90. The number of rotatable bonds is 12. The highest BCUT2D eigenvalue weighted by Crippen LogP contribution is 2.20. The Morgan fingerprint density at radius 2 is 1.59 bits per heavy atom. The van der Waals surface area contributed by atoms with Gasteiger partial charge in [-0.1, -0.05) is 81.4 Å². The molecule has 0 atom stereocenters. The molecule has 2 rings (SSSR count). The van der Waals surface area contributed by atoms with E-state index in [4.69, 9.17) is 4.74 Å². The van der Waals surface area contributed by atoms with Crippen molar-refractivity contribution in [3.05, 3.63) is 53.3 Å². The van der Waals surface area contributed by atoms with Crippen LogP contribution in [0.1, 0.15) is 93.3 Å². The van der Waals surface area contributed by atoms with Gasteiger partial charge in [0.1, 0.15) is 5.69 Å². The summed E-state index contributed by atoms with van der Waals surface area (Å²) < 4.78 is 32.3. The van der Waals surface area contributed by atoms with Gasteiger partial charge in [-0.05, 0) is 38.5 Å². The van der Waals surface area contributed by atoms with Crippen LogP contribution in [0.15, 0.2) is 41.4 Å². The van der Waals surface area contributed by atoms with E-state index in [0.717, 1.165) is 28.8 Å². The van der Waals surface area contributed by atoms with Crippen LogP contribution >= 0.6 is 0 Å². The second-order valence-electron chi connectivity index (χ2n) is 7.98. The molecule has 0 aliphatic carbocycles. The minimum absolute atomic E-state index is 0.0381. The van der Waals surface area contributed by atoms with Crippen LogP contribution in [0.4, 0.5) is 0 Å². The van der Waals surface area contributed by atoms with Gasteiger partial charge in [0, 0.05) is 18.2 Å². The van der Waals surface area contributed by atoms with E-state index in [2.05, 4.69) is 18.8 Å². The van der Waals surface area contributed by atoms with Gasteiger partial charge in [-0.25, -0.2) is 17.2 Å². The molecule has 0 spiro atoms. The molecule has 0 N–H and O–H groups in total. The smallest absolute Gasteiger partial charge is 0.356 e. The minimum Gasteiger partial charge on any atom is -0.461 e. The Balaban J connectivity index is 2.08. The summed E-state index contributed by atoms with van der Waals surface area (Å²) in [7, 11) is -3.93. The summed E-state index contributed by atoms with van der Waals surface area (Å²) in [5.74, 6) is 5.44. The average Bonchev–Trinajstić information content (AvgIpc) is 3.21. The predicted molar refractivity (Wildman–Crippen MR) is 128 cm³/mol. The van der Waals surface area contributed by atoms with Gasteiger partial charge in [-0.3, -0.25) is 0 Å². The molecule has 1 aromatic heterocycles. The Morgan fingerprint density at radius 1 is 0.969 bits per heavy atom. The Kier molecular flexibility index (Phi) is 10.6. The maximum absolute atomic E-state index is 13.1. The molecule has 0 aliphatic rings. The van der Waals surface area contributed by atoms with Crippen molar-refractivity contribution in [1.29, 1.82) is 0 Å². The van der Waals surface area contributed by atoms with Gasteiger partial charge in [0.15, 0.2) is 0 Å². The van der Waals surface area contributed by atoms with Crippen molar-refractivity contribution in [2.45, 2.75) is 83.5 Å². The zero-order valence-electron chi connectivity index (χ0n) is 19.5. The fraction of sp³-hybridized carbons (Fsp3) is 0.500. The summed E-state index contributed by atoms with van der Waals surface area (Å²) in [4.78, 5) is 12.5. The first-order valence-electron chi connectivity index (χ1n) is 11.6. The number of aryl methyl sites for hydroxylation is 1. The number of benzene rings is 1.